The van der Waals surface area contributed by atoms with E-state index in [9.17, 15) is 14.4 Å². The van der Waals surface area contributed by atoms with E-state index < -0.39 is 23.6 Å². The fourth-order valence-corrected chi connectivity index (χ4v) is 2.92. The summed E-state index contributed by atoms with van der Waals surface area (Å²) in [5.74, 6) is -2.66. The van der Waals surface area contributed by atoms with Crippen molar-refractivity contribution in [3.05, 3.63) is 77.7 Å². The lowest BCUT2D eigenvalue weighted by Gasteiger charge is -2.16. The van der Waals surface area contributed by atoms with Gasteiger partial charge in [0.25, 0.3) is 11.8 Å². The van der Waals surface area contributed by atoms with Gasteiger partial charge in [0.2, 0.25) is 11.5 Å². The maximum Gasteiger partial charge on any atom is 0.291 e. The second-order valence-corrected chi connectivity index (χ2v) is 6.28. The Labute approximate surface area is 161 Å². The molecule has 0 radical (unpaired) electrons. The van der Waals surface area contributed by atoms with E-state index in [4.69, 9.17) is 10.3 Å². The van der Waals surface area contributed by atoms with Crippen molar-refractivity contribution in [2.75, 3.05) is 0 Å². The van der Waals surface area contributed by atoms with Crippen molar-refractivity contribution >= 4 is 17.6 Å². The quantitative estimate of drug-likeness (QED) is 0.612. The molecule has 3 N–H and O–H groups in total. The Morgan fingerprint density at radius 2 is 1.64 bits per heavy atom. The molecular formula is C21H19N3O4. The number of nitrogens with one attached hydrogen (secondary N) is 1. The first kappa shape index (κ1) is 19.0. The number of ketones is 1. The number of Topliss-reactive ketones (excluding diaryl/α,β-unsaturated/α-hetero) is 1. The summed E-state index contributed by atoms with van der Waals surface area (Å²) in [6.07, 6.45) is 0.127. The number of nitrogens with two attached hydrogens (primary N) is 1. The van der Waals surface area contributed by atoms with Crippen LogP contribution in [0.15, 0.2) is 65.2 Å². The van der Waals surface area contributed by atoms with E-state index in [1.807, 2.05) is 36.4 Å². The Hall–Kier alpha value is -3.74. The average Bonchev–Trinajstić information content (AvgIpc) is 3.09. The summed E-state index contributed by atoms with van der Waals surface area (Å²) >= 11 is 0. The SMILES string of the molecule is Cc1noc(C(=O)NC(Cc2ccccc2)C(=O)C(N)=O)c1-c1ccccc1. The summed E-state index contributed by atoms with van der Waals surface area (Å²) in [6.45, 7) is 1.72. The van der Waals surface area contributed by atoms with Crippen molar-refractivity contribution in [1.29, 1.82) is 0 Å². The van der Waals surface area contributed by atoms with Crippen molar-refractivity contribution in [2.24, 2.45) is 5.73 Å². The second kappa shape index (κ2) is 8.30. The first-order valence-corrected chi connectivity index (χ1v) is 8.67. The highest BCUT2D eigenvalue weighted by Crippen LogP contribution is 2.27. The van der Waals surface area contributed by atoms with Crippen LogP contribution in [-0.4, -0.2) is 28.8 Å². The molecule has 1 heterocycles. The van der Waals surface area contributed by atoms with E-state index >= 15 is 0 Å². The summed E-state index contributed by atoms with van der Waals surface area (Å²) in [4.78, 5) is 36.5. The van der Waals surface area contributed by atoms with Crippen LogP contribution in [0.3, 0.4) is 0 Å². The molecule has 7 heteroatoms. The van der Waals surface area contributed by atoms with E-state index in [1.165, 1.54) is 0 Å². The number of benzene rings is 2. The van der Waals surface area contributed by atoms with Crippen molar-refractivity contribution in [1.82, 2.24) is 10.5 Å². The van der Waals surface area contributed by atoms with Crippen LogP contribution in [0.2, 0.25) is 0 Å². The zero-order chi connectivity index (χ0) is 20.1. The van der Waals surface area contributed by atoms with Gasteiger partial charge < -0.3 is 15.6 Å². The summed E-state index contributed by atoms with van der Waals surface area (Å²) in [5.41, 5.74) is 7.76. The number of hydrogen-bond donors (Lipinski definition) is 2. The Morgan fingerprint density at radius 1 is 1.04 bits per heavy atom. The predicted octanol–water partition coefficient (Wildman–Crippen LogP) is 2.05. The molecule has 0 spiro atoms. The maximum atomic E-state index is 12.8. The highest BCUT2D eigenvalue weighted by atomic mass is 16.5. The van der Waals surface area contributed by atoms with Gasteiger partial charge in [-0.3, -0.25) is 14.4 Å². The van der Waals surface area contributed by atoms with Gasteiger partial charge in [0.05, 0.1) is 11.3 Å². The molecule has 1 unspecified atom stereocenters. The summed E-state index contributed by atoms with van der Waals surface area (Å²) in [7, 11) is 0. The number of aryl methyl sites for hydroxylation is 1. The lowest BCUT2D eigenvalue weighted by Crippen LogP contribution is -2.47. The largest absolute Gasteiger partial charge is 0.363 e. The zero-order valence-corrected chi connectivity index (χ0v) is 15.2. The molecule has 28 heavy (non-hydrogen) atoms. The smallest absolute Gasteiger partial charge is 0.291 e. The van der Waals surface area contributed by atoms with Crippen molar-refractivity contribution in [2.45, 2.75) is 19.4 Å². The minimum atomic E-state index is -1.11. The first-order chi connectivity index (χ1) is 13.5. The van der Waals surface area contributed by atoms with E-state index in [-0.39, 0.29) is 12.2 Å². The van der Waals surface area contributed by atoms with E-state index in [1.54, 1.807) is 31.2 Å². The number of hydrogen-bond acceptors (Lipinski definition) is 5. The molecule has 0 aliphatic carbocycles. The number of aromatic nitrogens is 1. The van der Waals surface area contributed by atoms with E-state index in [0.29, 0.717) is 11.3 Å². The van der Waals surface area contributed by atoms with Gasteiger partial charge in [-0.2, -0.15) is 0 Å². The molecule has 142 valence electrons. The molecule has 2 amide bonds. The number of carbonyl (C=O) groups excluding carboxylic acids is 3. The lowest BCUT2D eigenvalue weighted by molar-refractivity contribution is -0.137. The second-order valence-electron chi connectivity index (χ2n) is 6.28. The van der Waals surface area contributed by atoms with Crippen LogP contribution in [0.1, 0.15) is 21.8 Å². The lowest BCUT2D eigenvalue weighted by atomic mass is 10.0. The van der Waals surface area contributed by atoms with Crippen LogP contribution in [0.25, 0.3) is 11.1 Å². The zero-order valence-electron chi connectivity index (χ0n) is 15.2. The van der Waals surface area contributed by atoms with Gasteiger partial charge in [-0.1, -0.05) is 65.8 Å². The third-order valence-electron chi connectivity index (χ3n) is 4.28. The van der Waals surface area contributed by atoms with E-state index in [2.05, 4.69) is 10.5 Å². The third-order valence-corrected chi connectivity index (χ3v) is 4.28. The van der Waals surface area contributed by atoms with Gasteiger partial charge in [0, 0.05) is 6.42 Å². The molecule has 7 nitrogen and oxygen atoms in total. The topological polar surface area (TPSA) is 115 Å². The molecule has 1 aromatic heterocycles. The van der Waals surface area contributed by atoms with E-state index in [0.717, 1.165) is 11.1 Å². The molecule has 1 atom stereocenters. The molecular weight excluding hydrogens is 358 g/mol. The van der Waals surface area contributed by atoms with Gasteiger partial charge in [-0.25, -0.2) is 0 Å². The fraction of sp³-hybridized carbons (Fsp3) is 0.143. The van der Waals surface area contributed by atoms with Gasteiger partial charge >= 0.3 is 0 Å². The third kappa shape index (κ3) is 4.15. The van der Waals surface area contributed by atoms with Crippen LogP contribution < -0.4 is 11.1 Å². The van der Waals surface area contributed by atoms with Crippen molar-refractivity contribution in [3.8, 4) is 11.1 Å². The Balaban J connectivity index is 1.89. The van der Waals surface area contributed by atoms with Crippen LogP contribution in [0.4, 0.5) is 0 Å². The minimum absolute atomic E-state index is 0.0287. The molecule has 3 rings (SSSR count). The number of primary amides is 1. The normalized spacial score (nSPS) is 11.6. The van der Waals surface area contributed by atoms with Crippen molar-refractivity contribution in [3.63, 3.8) is 0 Å². The summed E-state index contributed by atoms with van der Waals surface area (Å²) < 4.78 is 5.21. The van der Waals surface area contributed by atoms with Gasteiger partial charge in [-0.05, 0) is 18.1 Å². The fourth-order valence-electron chi connectivity index (χ4n) is 2.92. The molecule has 3 aromatic rings. The molecule has 0 aliphatic rings. The number of nitrogens with zero attached hydrogens (tertiary/aromatic N) is 1. The minimum Gasteiger partial charge on any atom is -0.363 e. The monoisotopic (exact) mass is 377 g/mol. The summed E-state index contributed by atoms with van der Waals surface area (Å²) in [5, 5.41) is 6.44. The van der Waals surface area contributed by atoms with Crippen molar-refractivity contribution < 1.29 is 18.9 Å². The first-order valence-electron chi connectivity index (χ1n) is 8.67. The standard InChI is InChI=1S/C21H19N3O4/c1-13-17(15-10-6-3-7-11-15)19(28-24-13)21(27)23-16(18(25)20(22)26)12-14-8-4-2-5-9-14/h2-11,16H,12H2,1H3,(H2,22,26)(H,23,27). The van der Waals surface area contributed by atoms with Gasteiger partial charge in [-0.15, -0.1) is 0 Å². The molecule has 0 aliphatic heterocycles. The van der Waals surface area contributed by atoms with Crippen LogP contribution >= 0.6 is 0 Å². The molecule has 0 saturated heterocycles. The number of amides is 2. The average molecular weight is 377 g/mol. The molecule has 0 saturated carbocycles. The molecule has 2 aromatic carbocycles. The number of rotatable bonds is 7. The summed E-state index contributed by atoms with van der Waals surface area (Å²) in [6, 6.07) is 17.1. The Bertz CT molecular complexity index is 997. The van der Waals surface area contributed by atoms with Crippen LogP contribution in [0.5, 0.6) is 0 Å². The van der Waals surface area contributed by atoms with Crippen LogP contribution in [0, 0.1) is 6.92 Å². The van der Waals surface area contributed by atoms with Gasteiger partial charge in [0.15, 0.2) is 0 Å². The van der Waals surface area contributed by atoms with Crippen LogP contribution in [-0.2, 0) is 16.0 Å². The molecule has 0 fully saturated rings. The highest BCUT2D eigenvalue weighted by Gasteiger charge is 2.29. The van der Waals surface area contributed by atoms with Gasteiger partial charge in [0.1, 0.15) is 6.04 Å². The Kier molecular flexibility index (Phi) is 5.64. The Morgan fingerprint density at radius 3 is 2.25 bits per heavy atom. The molecule has 0 bridgehead atoms. The number of carbonyl (C=O) groups is 3. The maximum absolute atomic E-state index is 12.8. The highest BCUT2D eigenvalue weighted by molar-refractivity contribution is 6.38. The predicted molar refractivity (Wildman–Crippen MR) is 102 cm³/mol.